The first-order chi connectivity index (χ1) is 5.16. The maximum atomic E-state index is 10.5. The van der Waals surface area contributed by atoms with Crippen molar-refractivity contribution < 1.29 is 4.79 Å². The summed E-state index contributed by atoms with van der Waals surface area (Å²) in [4.78, 5) is 14.0. The van der Waals surface area contributed by atoms with E-state index < -0.39 is 6.03 Å². The number of imidazole rings is 1. The third-order valence-electron chi connectivity index (χ3n) is 1.15. The lowest BCUT2D eigenvalue weighted by molar-refractivity contribution is 0.250. The molecule has 0 saturated heterocycles. The van der Waals surface area contributed by atoms with Crippen LogP contribution in [0.3, 0.4) is 0 Å². The van der Waals surface area contributed by atoms with E-state index in [1.807, 2.05) is 0 Å². The number of carbonyl (C=O) groups excluding carboxylic acids is 1. The highest BCUT2D eigenvalue weighted by Gasteiger charge is 2.08. The number of hydrogen-bond donors (Lipinski definition) is 2. The van der Waals surface area contributed by atoms with E-state index in [1.54, 1.807) is 6.07 Å². The second-order valence-electron chi connectivity index (χ2n) is 1.80. The van der Waals surface area contributed by atoms with E-state index in [2.05, 4.69) is 4.98 Å². The van der Waals surface area contributed by atoms with Crippen LogP contribution >= 0.6 is 0 Å². The van der Waals surface area contributed by atoms with Crippen LogP contribution in [0.4, 0.5) is 10.6 Å². The maximum Gasteiger partial charge on any atom is 0.325 e. The van der Waals surface area contributed by atoms with Crippen molar-refractivity contribution in [2.45, 2.75) is 0 Å². The van der Waals surface area contributed by atoms with Crippen molar-refractivity contribution in [3.63, 3.8) is 0 Å². The molecule has 0 fully saturated rings. The molecule has 11 heavy (non-hydrogen) atoms. The Labute approximate surface area is 62.0 Å². The number of amides is 1. The molecule has 6 heteroatoms. The summed E-state index contributed by atoms with van der Waals surface area (Å²) in [6, 6.07) is 0.953. The van der Waals surface area contributed by atoms with Gasteiger partial charge in [-0.1, -0.05) is 0 Å². The fourth-order valence-corrected chi connectivity index (χ4v) is 0.620. The van der Waals surface area contributed by atoms with Crippen LogP contribution in [0.15, 0.2) is 6.33 Å². The van der Waals surface area contributed by atoms with Gasteiger partial charge in [-0.05, 0) is 0 Å². The monoisotopic (exact) mass is 151 g/mol. The van der Waals surface area contributed by atoms with Crippen LogP contribution < -0.4 is 11.5 Å². The SMILES string of the molecule is N#Cc1ncn(C(N)=O)c1N. The second kappa shape index (κ2) is 2.30. The smallest absolute Gasteiger partial charge is 0.325 e. The minimum atomic E-state index is -0.753. The first kappa shape index (κ1) is 7.08. The number of nitrogens with zero attached hydrogens (tertiary/aromatic N) is 3. The highest BCUT2D eigenvalue weighted by Crippen LogP contribution is 2.06. The van der Waals surface area contributed by atoms with Gasteiger partial charge in [-0.2, -0.15) is 5.26 Å². The minimum absolute atomic E-state index is 0.00352. The fourth-order valence-electron chi connectivity index (χ4n) is 0.620. The molecule has 0 atom stereocenters. The number of primary amides is 1. The predicted octanol–water partition coefficient (Wildman–Crippen LogP) is -0.736. The molecule has 0 spiro atoms. The van der Waals surface area contributed by atoms with Gasteiger partial charge < -0.3 is 11.5 Å². The highest BCUT2D eigenvalue weighted by molar-refractivity contribution is 5.79. The van der Waals surface area contributed by atoms with Gasteiger partial charge in [0.05, 0.1) is 0 Å². The second-order valence-corrected chi connectivity index (χ2v) is 1.80. The minimum Gasteiger partial charge on any atom is -0.382 e. The van der Waals surface area contributed by atoms with Crippen LogP contribution in [0.2, 0.25) is 0 Å². The molecule has 1 heterocycles. The lowest BCUT2D eigenvalue weighted by atomic mass is 10.5. The molecule has 0 bridgehead atoms. The fraction of sp³-hybridized carbons (Fsp3) is 0. The molecule has 0 aromatic carbocycles. The van der Waals surface area contributed by atoms with Gasteiger partial charge in [-0.3, -0.25) is 0 Å². The number of nitriles is 1. The number of aromatic nitrogens is 2. The quantitative estimate of drug-likeness (QED) is 0.508. The third-order valence-corrected chi connectivity index (χ3v) is 1.15. The van der Waals surface area contributed by atoms with Crippen LogP contribution in [0.5, 0.6) is 0 Å². The number of nitrogens with two attached hydrogens (primary N) is 2. The molecule has 4 N–H and O–H groups in total. The maximum absolute atomic E-state index is 10.5. The predicted molar refractivity (Wildman–Crippen MR) is 36.3 cm³/mol. The summed E-state index contributed by atoms with van der Waals surface area (Å²) in [7, 11) is 0. The van der Waals surface area contributed by atoms with Crippen LogP contribution in [0.1, 0.15) is 5.69 Å². The Hall–Kier alpha value is -2.03. The van der Waals surface area contributed by atoms with Crippen molar-refractivity contribution in [3.05, 3.63) is 12.0 Å². The van der Waals surface area contributed by atoms with E-state index >= 15 is 0 Å². The average molecular weight is 151 g/mol. The van der Waals surface area contributed by atoms with Gasteiger partial charge in [0.2, 0.25) is 0 Å². The Morgan fingerprint density at radius 2 is 2.45 bits per heavy atom. The normalized spacial score (nSPS) is 9.00. The average Bonchev–Trinajstić information content (AvgIpc) is 2.30. The molecule has 0 aliphatic heterocycles. The van der Waals surface area contributed by atoms with Crippen molar-refractivity contribution in [1.29, 1.82) is 5.26 Å². The summed E-state index contributed by atoms with van der Waals surface area (Å²) in [5.41, 5.74) is 10.2. The molecule has 1 rings (SSSR count). The van der Waals surface area contributed by atoms with Gasteiger partial charge in [0.15, 0.2) is 5.69 Å². The first-order valence-corrected chi connectivity index (χ1v) is 2.69. The van der Waals surface area contributed by atoms with Crippen molar-refractivity contribution in [1.82, 2.24) is 9.55 Å². The molecule has 0 aliphatic rings. The Bertz CT molecular complexity index is 333. The van der Waals surface area contributed by atoms with E-state index in [9.17, 15) is 4.79 Å². The van der Waals surface area contributed by atoms with Crippen LogP contribution in [0, 0.1) is 11.3 Å². The first-order valence-electron chi connectivity index (χ1n) is 2.69. The van der Waals surface area contributed by atoms with Gasteiger partial charge in [-0.15, -0.1) is 0 Å². The Kier molecular flexibility index (Phi) is 1.48. The topological polar surface area (TPSA) is 111 Å². The summed E-state index contributed by atoms with van der Waals surface area (Å²) in [5, 5.41) is 8.36. The van der Waals surface area contributed by atoms with E-state index in [0.29, 0.717) is 0 Å². The molecular weight excluding hydrogens is 146 g/mol. The van der Waals surface area contributed by atoms with Gasteiger partial charge in [0, 0.05) is 0 Å². The van der Waals surface area contributed by atoms with Gasteiger partial charge in [0.1, 0.15) is 18.2 Å². The largest absolute Gasteiger partial charge is 0.382 e. The zero-order chi connectivity index (χ0) is 8.43. The lowest BCUT2D eigenvalue weighted by Crippen LogP contribution is -2.20. The molecule has 0 saturated carbocycles. The number of hydrogen-bond acceptors (Lipinski definition) is 4. The molecule has 56 valence electrons. The number of carbonyl (C=O) groups is 1. The summed E-state index contributed by atoms with van der Waals surface area (Å²) >= 11 is 0. The summed E-state index contributed by atoms with van der Waals surface area (Å²) < 4.78 is 0.901. The molecule has 0 unspecified atom stereocenters. The van der Waals surface area contributed by atoms with Crippen molar-refractivity contribution in [2.24, 2.45) is 5.73 Å². The van der Waals surface area contributed by atoms with Crippen molar-refractivity contribution in [3.8, 4) is 6.07 Å². The molecular formula is C5H5N5O. The van der Waals surface area contributed by atoms with Crippen LogP contribution in [-0.2, 0) is 0 Å². The van der Waals surface area contributed by atoms with Crippen molar-refractivity contribution >= 4 is 11.8 Å². The Morgan fingerprint density at radius 3 is 2.73 bits per heavy atom. The van der Waals surface area contributed by atoms with Gasteiger partial charge in [-0.25, -0.2) is 14.3 Å². The molecule has 1 aromatic heterocycles. The van der Waals surface area contributed by atoms with Gasteiger partial charge in [0.25, 0.3) is 0 Å². The number of anilines is 1. The molecule has 6 nitrogen and oxygen atoms in total. The van der Waals surface area contributed by atoms with E-state index in [0.717, 1.165) is 10.9 Å². The molecule has 0 aliphatic carbocycles. The van der Waals surface area contributed by atoms with Crippen molar-refractivity contribution in [2.75, 3.05) is 5.73 Å². The molecule has 1 aromatic rings. The Morgan fingerprint density at radius 1 is 1.82 bits per heavy atom. The summed E-state index contributed by atoms with van der Waals surface area (Å²) in [6.45, 7) is 0. The number of nitrogen functional groups attached to an aromatic ring is 1. The number of rotatable bonds is 0. The zero-order valence-electron chi connectivity index (χ0n) is 5.48. The van der Waals surface area contributed by atoms with E-state index in [4.69, 9.17) is 16.7 Å². The standard InChI is InChI=1S/C5H5N5O/c6-1-3-4(7)10(2-9-3)5(8)11/h2H,7H2,(H2,8,11). The third kappa shape index (κ3) is 0.986. The molecule has 0 radical (unpaired) electrons. The zero-order valence-corrected chi connectivity index (χ0v) is 5.48. The molecule has 1 amide bonds. The van der Waals surface area contributed by atoms with E-state index in [1.165, 1.54) is 0 Å². The Balaban J connectivity index is 3.24. The lowest BCUT2D eigenvalue weighted by Gasteiger charge is -1.94. The van der Waals surface area contributed by atoms with Gasteiger partial charge >= 0.3 is 6.03 Å². The highest BCUT2D eigenvalue weighted by atomic mass is 16.2. The van der Waals surface area contributed by atoms with Crippen LogP contribution in [0.25, 0.3) is 0 Å². The summed E-state index contributed by atoms with van der Waals surface area (Å²) in [5.74, 6) is -0.0278. The van der Waals surface area contributed by atoms with Crippen LogP contribution in [-0.4, -0.2) is 15.6 Å². The van der Waals surface area contributed by atoms with E-state index in [-0.39, 0.29) is 11.5 Å². The summed E-state index contributed by atoms with van der Waals surface area (Å²) in [6.07, 6.45) is 1.11.